The van der Waals surface area contributed by atoms with Crippen molar-refractivity contribution in [1.82, 2.24) is 4.57 Å². The molecule has 3 aromatic rings. The molecular weight excluding hydrogens is 446 g/mol. The van der Waals surface area contributed by atoms with Gasteiger partial charge in [0.1, 0.15) is 11.5 Å². The molecule has 1 aromatic heterocycles. The number of hydrogen-bond acceptors (Lipinski definition) is 6. The monoisotopic (exact) mass is 471 g/mol. The smallest absolute Gasteiger partial charge is 0.337 e. The van der Waals surface area contributed by atoms with Gasteiger partial charge in [0.05, 0.1) is 18.5 Å². The highest BCUT2D eigenvalue weighted by Crippen LogP contribution is 2.45. The second-order valence-electron chi connectivity index (χ2n) is 7.99. The van der Waals surface area contributed by atoms with Gasteiger partial charge in [0.2, 0.25) is 5.91 Å². The van der Waals surface area contributed by atoms with E-state index in [1.54, 1.807) is 6.07 Å². The largest absolute Gasteiger partial charge is 0.497 e. The lowest BCUT2D eigenvalue weighted by Crippen LogP contribution is -2.27. The summed E-state index contributed by atoms with van der Waals surface area (Å²) >= 11 is 0. The fourth-order valence-corrected chi connectivity index (χ4v) is 4.82. The summed E-state index contributed by atoms with van der Waals surface area (Å²) < 4.78 is 37.1. The minimum absolute atomic E-state index is 0.186. The Hall–Kier alpha value is -3.53. The number of hydrogen-bond donors (Lipinski definition) is 2. The van der Waals surface area contributed by atoms with Crippen LogP contribution in [-0.2, 0) is 27.6 Å². The molecule has 9 nitrogen and oxygen atoms in total. The molecule has 1 aliphatic rings. The number of amides is 2. The van der Waals surface area contributed by atoms with E-state index in [-0.39, 0.29) is 5.75 Å². The Labute approximate surface area is 191 Å². The third kappa shape index (κ3) is 4.25. The van der Waals surface area contributed by atoms with E-state index in [0.717, 1.165) is 35.2 Å². The molecule has 33 heavy (non-hydrogen) atoms. The second kappa shape index (κ2) is 8.78. The molecule has 1 unspecified atom stereocenters. The first kappa shape index (κ1) is 22.7. The van der Waals surface area contributed by atoms with Crippen molar-refractivity contribution in [3.05, 3.63) is 59.3 Å². The number of ether oxygens (including phenoxy) is 2. The SMILES string of the molecule is COc1cc(OCS(=O)(=O)C(N)=O)c2c3c(n(Cc4ccccc4)c2c1)CCCC3C(N)=O. The van der Waals surface area contributed by atoms with Crippen LogP contribution in [0.25, 0.3) is 10.9 Å². The van der Waals surface area contributed by atoms with Crippen LogP contribution in [0.3, 0.4) is 0 Å². The average molecular weight is 472 g/mol. The third-order valence-corrected chi connectivity index (χ3v) is 6.99. The van der Waals surface area contributed by atoms with Gasteiger partial charge in [0, 0.05) is 29.8 Å². The zero-order valence-corrected chi connectivity index (χ0v) is 18.9. The number of nitrogens with zero attached hydrogens (tertiary/aromatic N) is 1. The Morgan fingerprint density at radius 1 is 1.15 bits per heavy atom. The van der Waals surface area contributed by atoms with Crippen LogP contribution in [0.5, 0.6) is 11.5 Å². The van der Waals surface area contributed by atoms with E-state index in [1.807, 2.05) is 36.4 Å². The highest BCUT2D eigenvalue weighted by Gasteiger charge is 2.33. The number of sulfone groups is 1. The number of fused-ring (bicyclic) bond motifs is 3. The van der Waals surface area contributed by atoms with E-state index in [1.165, 1.54) is 7.11 Å². The quantitative estimate of drug-likeness (QED) is 0.542. The molecular formula is C23H25N3O6S. The first-order chi connectivity index (χ1) is 15.7. The number of methoxy groups -OCH3 is 1. The minimum Gasteiger partial charge on any atom is -0.497 e. The molecule has 0 bridgehead atoms. The molecule has 10 heteroatoms. The molecule has 0 fully saturated rings. The van der Waals surface area contributed by atoms with E-state index >= 15 is 0 Å². The molecule has 4 rings (SSSR count). The van der Waals surface area contributed by atoms with Crippen molar-refractivity contribution in [3.63, 3.8) is 0 Å². The highest BCUT2D eigenvalue weighted by atomic mass is 32.2. The highest BCUT2D eigenvalue weighted by molar-refractivity contribution is 8.05. The standard InChI is InChI=1S/C23H25N3O6S/c1-31-15-10-18-21(19(11-15)32-13-33(29,30)23(25)28)20-16(22(24)27)8-5-9-17(20)26(18)12-14-6-3-2-4-7-14/h2-4,6-7,10-11,16H,5,8-9,12-13H2,1H3,(H2,24,27)(H2,25,28). The number of nitrogens with two attached hydrogens (primary N) is 2. The fraction of sp³-hybridized carbons (Fsp3) is 0.304. The lowest BCUT2D eigenvalue weighted by molar-refractivity contribution is -0.119. The summed E-state index contributed by atoms with van der Waals surface area (Å²) in [7, 11) is -2.81. The van der Waals surface area contributed by atoms with Gasteiger partial charge < -0.3 is 25.5 Å². The van der Waals surface area contributed by atoms with E-state index < -0.39 is 32.8 Å². The van der Waals surface area contributed by atoms with Gasteiger partial charge in [-0.3, -0.25) is 9.59 Å². The Morgan fingerprint density at radius 3 is 2.52 bits per heavy atom. The van der Waals surface area contributed by atoms with Gasteiger partial charge in [0.25, 0.3) is 9.84 Å². The number of benzene rings is 2. The number of carbonyl (C=O) groups excluding carboxylic acids is 2. The predicted molar refractivity (Wildman–Crippen MR) is 123 cm³/mol. The van der Waals surface area contributed by atoms with Crippen LogP contribution in [0.2, 0.25) is 0 Å². The molecule has 4 N–H and O–H groups in total. The molecule has 0 aliphatic heterocycles. The maximum Gasteiger partial charge on any atom is 0.337 e. The zero-order chi connectivity index (χ0) is 23.8. The summed E-state index contributed by atoms with van der Waals surface area (Å²) in [6.45, 7) is 0.532. The van der Waals surface area contributed by atoms with Crippen LogP contribution in [0.4, 0.5) is 4.79 Å². The molecule has 0 radical (unpaired) electrons. The van der Waals surface area contributed by atoms with E-state index in [9.17, 15) is 18.0 Å². The van der Waals surface area contributed by atoms with E-state index in [0.29, 0.717) is 24.1 Å². The van der Waals surface area contributed by atoms with Crippen LogP contribution >= 0.6 is 0 Å². The lowest BCUT2D eigenvalue weighted by Gasteiger charge is -2.22. The Bertz CT molecular complexity index is 1330. The number of primary amides is 2. The van der Waals surface area contributed by atoms with Crippen LogP contribution in [0, 0.1) is 0 Å². The molecule has 0 spiro atoms. The molecule has 174 valence electrons. The molecule has 0 saturated carbocycles. The molecule has 0 saturated heterocycles. The Balaban J connectivity index is 1.96. The van der Waals surface area contributed by atoms with Gasteiger partial charge in [-0.15, -0.1) is 0 Å². The van der Waals surface area contributed by atoms with Crippen molar-refractivity contribution in [3.8, 4) is 11.5 Å². The molecule has 1 aliphatic carbocycles. The summed E-state index contributed by atoms with van der Waals surface area (Å²) in [5, 5.41) is -0.884. The van der Waals surface area contributed by atoms with E-state index in [4.69, 9.17) is 20.9 Å². The fourth-order valence-electron chi connectivity index (χ4n) is 4.42. The van der Waals surface area contributed by atoms with Gasteiger partial charge in [0.15, 0.2) is 5.94 Å². The maximum absolute atomic E-state index is 12.4. The van der Waals surface area contributed by atoms with Gasteiger partial charge >= 0.3 is 5.24 Å². The van der Waals surface area contributed by atoms with Crippen molar-refractivity contribution >= 4 is 31.9 Å². The average Bonchev–Trinajstić information content (AvgIpc) is 3.11. The summed E-state index contributed by atoms with van der Waals surface area (Å²) in [5.41, 5.74) is 14.2. The third-order valence-electron chi connectivity index (χ3n) is 5.95. The summed E-state index contributed by atoms with van der Waals surface area (Å²) in [5.74, 6) is -1.30. The normalized spacial score (nSPS) is 15.7. The van der Waals surface area contributed by atoms with Crippen LogP contribution in [-0.4, -0.2) is 37.2 Å². The van der Waals surface area contributed by atoms with Gasteiger partial charge in [-0.25, -0.2) is 8.42 Å². The first-order valence-electron chi connectivity index (χ1n) is 10.4. The lowest BCUT2D eigenvalue weighted by atomic mass is 9.84. The summed E-state index contributed by atoms with van der Waals surface area (Å²) in [4.78, 5) is 23.6. The number of carbonyl (C=O) groups is 2. The van der Waals surface area contributed by atoms with Crippen molar-refractivity contribution in [2.24, 2.45) is 11.5 Å². The van der Waals surface area contributed by atoms with Crippen molar-refractivity contribution < 1.29 is 27.5 Å². The number of rotatable bonds is 7. The van der Waals surface area contributed by atoms with Crippen molar-refractivity contribution in [1.29, 1.82) is 0 Å². The van der Waals surface area contributed by atoms with Gasteiger partial charge in [-0.05, 0) is 30.4 Å². The van der Waals surface area contributed by atoms with Crippen LogP contribution < -0.4 is 20.9 Å². The van der Waals surface area contributed by atoms with Crippen LogP contribution in [0.1, 0.15) is 35.6 Å². The molecule has 1 atom stereocenters. The number of aromatic nitrogens is 1. The predicted octanol–water partition coefficient (Wildman–Crippen LogP) is 2.43. The second-order valence-corrected chi connectivity index (χ2v) is 9.86. The summed E-state index contributed by atoms with van der Waals surface area (Å²) in [6, 6.07) is 13.2. The minimum atomic E-state index is -4.30. The van der Waals surface area contributed by atoms with Crippen molar-refractivity contribution in [2.45, 2.75) is 31.7 Å². The molecule has 2 amide bonds. The topological polar surface area (TPSA) is 144 Å². The van der Waals surface area contributed by atoms with Gasteiger partial charge in [-0.1, -0.05) is 30.3 Å². The Kier molecular flexibility index (Phi) is 6.03. The molecule has 2 aromatic carbocycles. The summed E-state index contributed by atoms with van der Waals surface area (Å²) in [6.07, 6.45) is 2.09. The Morgan fingerprint density at radius 2 is 1.88 bits per heavy atom. The van der Waals surface area contributed by atoms with Gasteiger partial charge in [-0.2, -0.15) is 0 Å². The van der Waals surface area contributed by atoms with E-state index in [2.05, 4.69) is 4.57 Å². The van der Waals surface area contributed by atoms with Crippen LogP contribution in [0.15, 0.2) is 42.5 Å². The molecule has 1 heterocycles. The van der Waals surface area contributed by atoms with Crippen molar-refractivity contribution in [2.75, 3.05) is 13.0 Å². The zero-order valence-electron chi connectivity index (χ0n) is 18.1. The first-order valence-corrected chi connectivity index (χ1v) is 12.1. The maximum atomic E-state index is 12.4.